The van der Waals surface area contributed by atoms with E-state index in [1.165, 1.54) is 11.5 Å². The number of halogens is 4. The second kappa shape index (κ2) is 4.60. The van der Waals surface area contributed by atoms with Gasteiger partial charge in [0.05, 0.1) is 5.92 Å². The van der Waals surface area contributed by atoms with Crippen LogP contribution in [0.3, 0.4) is 0 Å². The Kier molecular flexibility index (Phi) is 3.53. The van der Waals surface area contributed by atoms with Crippen LogP contribution in [0.2, 0.25) is 0 Å². The molecule has 2 rings (SSSR count). The lowest BCUT2D eigenvalue weighted by molar-refractivity contribution is -0.183. The van der Waals surface area contributed by atoms with E-state index in [9.17, 15) is 13.2 Å². The van der Waals surface area contributed by atoms with Crippen molar-refractivity contribution in [3.8, 4) is 0 Å². The number of alkyl halides is 3. The summed E-state index contributed by atoms with van der Waals surface area (Å²) in [5, 5.41) is 0.723. The van der Waals surface area contributed by atoms with Gasteiger partial charge in [0.25, 0.3) is 0 Å². The maximum atomic E-state index is 12.6. The molecule has 2 nitrogen and oxygen atoms in total. The molecule has 1 fully saturated rings. The van der Waals surface area contributed by atoms with Gasteiger partial charge in [0.1, 0.15) is 5.01 Å². The van der Waals surface area contributed by atoms with Gasteiger partial charge in [0, 0.05) is 5.92 Å². The standard InChI is InChI=1S/C9H10BrF3N2S/c10-8-14-7(16-15-8)5-2-1-3-6(4-5)9(11,12)13/h5-6H,1-4H2. The van der Waals surface area contributed by atoms with Crippen molar-refractivity contribution in [2.24, 2.45) is 5.92 Å². The highest BCUT2D eigenvalue weighted by molar-refractivity contribution is 9.10. The van der Waals surface area contributed by atoms with E-state index in [0.717, 1.165) is 11.4 Å². The highest BCUT2D eigenvalue weighted by Gasteiger charge is 2.42. The van der Waals surface area contributed by atoms with Crippen molar-refractivity contribution < 1.29 is 13.2 Å². The minimum absolute atomic E-state index is 0.0795. The van der Waals surface area contributed by atoms with Crippen LogP contribution < -0.4 is 0 Å². The molecule has 1 aliphatic carbocycles. The second-order valence-electron chi connectivity index (χ2n) is 4.00. The molecule has 0 aliphatic heterocycles. The van der Waals surface area contributed by atoms with Crippen molar-refractivity contribution in [2.45, 2.75) is 37.8 Å². The SMILES string of the molecule is FC(F)(F)C1CCCC(c2nc(Br)ns2)C1. The first-order valence-corrected chi connectivity index (χ1v) is 6.59. The van der Waals surface area contributed by atoms with Gasteiger partial charge in [0.15, 0.2) is 0 Å². The van der Waals surface area contributed by atoms with E-state index >= 15 is 0 Å². The number of nitrogens with zero attached hydrogens (tertiary/aromatic N) is 2. The number of hydrogen-bond donors (Lipinski definition) is 0. The Labute approximate surface area is 104 Å². The minimum atomic E-state index is -4.07. The Bertz CT molecular complexity index is 366. The Morgan fingerprint density at radius 3 is 2.62 bits per heavy atom. The average Bonchev–Trinajstić information content (AvgIpc) is 2.64. The van der Waals surface area contributed by atoms with Crippen LogP contribution in [0.1, 0.15) is 36.6 Å². The molecule has 90 valence electrons. The highest BCUT2D eigenvalue weighted by Crippen LogP contribution is 2.44. The fourth-order valence-corrected chi connectivity index (χ4v) is 3.32. The van der Waals surface area contributed by atoms with Crippen LogP contribution in [-0.2, 0) is 0 Å². The number of rotatable bonds is 1. The Balaban J connectivity index is 2.07. The topological polar surface area (TPSA) is 25.8 Å². The van der Waals surface area contributed by atoms with Crippen molar-refractivity contribution in [1.82, 2.24) is 9.36 Å². The lowest BCUT2D eigenvalue weighted by Crippen LogP contribution is -2.28. The fourth-order valence-electron chi connectivity index (χ4n) is 2.09. The Morgan fingerprint density at radius 1 is 1.31 bits per heavy atom. The van der Waals surface area contributed by atoms with Crippen LogP contribution in [0.15, 0.2) is 4.73 Å². The van der Waals surface area contributed by atoms with Crippen LogP contribution in [0.25, 0.3) is 0 Å². The fraction of sp³-hybridized carbons (Fsp3) is 0.778. The second-order valence-corrected chi connectivity index (χ2v) is 5.50. The summed E-state index contributed by atoms with van der Waals surface area (Å²) in [4.78, 5) is 4.11. The molecule has 1 saturated carbocycles. The summed E-state index contributed by atoms with van der Waals surface area (Å²) < 4.78 is 42.2. The summed E-state index contributed by atoms with van der Waals surface area (Å²) in [7, 11) is 0. The van der Waals surface area contributed by atoms with Gasteiger partial charge >= 0.3 is 6.18 Å². The summed E-state index contributed by atoms with van der Waals surface area (Å²) in [6.45, 7) is 0. The van der Waals surface area contributed by atoms with Crippen LogP contribution in [0, 0.1) is 5.92 Å². The zero-order valence-electron chi connectivity index (χ0n) is 8.30. The van der Waals surface area contributed by atoms with Gasteiger partial charge in [-0.15, -0.1) is 0 Å². The van der Waals surface area contributed by atoms with Gasteiger partial charge in [0.2, 0.25) is 4.73 Å². The van der Waals surface area contributed by atoms with Crippen molar-refractivity contribution in [2.75, 3.05) is 0 Å². The maximum Gasteiger partial charge on any atom is 0.391 e. The smallest absolute Gasteiger partial charge is 0.214 e. The molecule has 0 saturated heterocycles. The summed E-state index contributed by atoms with van der Waals surface area (Å²) in [6, 6.07) is 0. The van der Waals surface area contributed by atoms with E-state index in [1.807, 2.05) is 0 Å². The van der Waals surface area contributed by atoms with Crippen LogP contribution in [0.4, 0.5) is 13.2 Å². The molecule has 1 aromatic rings. The zero-order valence-corrected chi connectivity index (χ0v) is 10.7. The third-order valence-electron chi connectivity index (χ3n) is 2.90. The summed E-state index contributed by atoms with van der Waals surface area (Å²) in [6.07, 6.45) is -2.26. The molecule has 0 aromatic carbocycles. The van der Waals surface area contributed by atoms with E-state index in [4.69, 9.17) is 0 Å². The lowest BCUT2D eigenvalue weighted by Gasteiger charge is -2.29. The monoisotopic (exact) mass is 314 g/mol. The third-order valence-corrected chi connectivity index (χ3v) is 4.37. The maximum absolute atomic E-state index is 12.6. The third kappa shape index (κ3) is 2.74. The molecule has 0 radical (unpaired) electrons. The summed E-state index contributed by atoms with van der Waals surface area (Å²) in [5.41, 5.74) is 0. The predicted octanol–water partition coefficient (Wildman–Crippen LogP) is 4.14. The molecule has 0 spiro atoms. The first-order valence-electron chi connectivity index (χ1n) is 5.02. The number of aromatic nitrogens is 2. The summed E-state index contributed by atoms with van der Waals surface area (Å²) in [5.74, 6) is -1.25. The number of hydrogen-bond acceptors (Lipinski definition) is 3. The van der Waals surface area contributed by atoms with Gasteiger partial charge in [-0.25, -0.2) is 4.98 Å². The van der Waals surface area contributed by atoms with Crippen LogP contribution in [0.5, 0.6) is 0 Å². The molecule has 0 bridgehead atoms. The zero-order chi connectivity index (χ0) is 11.8. The van der Waals surface area contributed by atoms with E-state index in [-0.39, 0.29) is 18.8 Å². The van der Waals surface area contributed by atoms with Crippen molar-refractivity contribution in [3.63, 3.8) is 0 Å². The summed E-state index contributed by atoms with van der Waals surface area (Å²) >= 11 is 4.31. The average molecular weight is 315 g/mol. The van der Waals surface area contributed by atoms with Gasteiger partial charge in [-0.05, 0) is 46.7 Å². The molecule has 1 heterocycles. The quantitative estimate of drug-likeness (QED) is 0.778. The molecular weight excluding hydrogens is 305 g/mol. The molecule has 0 amide bonds. The molecule has 16 heavy (non-hydrogen) atoms. The van der Waals surface area contributed by atoms with E-state index in [2.05, 4.69) is 25.3 Å². The Hall–Kier alpha value is -0.170. The van der Waals surface area contributed by atoms with Crippen LogP contribution >= 0.6 is 27.5 Å². The molecule has 2 unspecified atom stereocenters. The minimum Gasteiger partial charge on any atom is -0.214 e. The molecule has 1 aromatic heterocycles. The molecule has 0 N–H and O–H groups in total. The molecule has 7 heteroatoms. The first-order chi connectivity index (χ1) is 7.47. The van der Waals surface area contributed by atoms with Crippen LogP contribution in [-0.4, -0.2) is 15.5 Å². The van der Waals surface area contributed by atoms with Gasteiger partial charge in [-0.2, -0.15) is 17.5 Å². The van der Waals surface area contributed by atoms with E-state index in [1.54, 1.807) is 0 Å². The predicted molar refractivity (Wildman–Crippen MR) is 58.4 cm³/mol. The van der Waals surface area contributed by atoms with Gasteiger partial charge in [-0.1, -0.05) is 6.42 Å². The first kappa shape index (κ1) is 12.3. The Morgan fingerprint density at radius 2 is 2.06 bits per heavy atom. The largest absolute Gasteiger partial charge is 0.391 e. The van der Waals surface area contributed by atoms with E-state index < -0.39 is 12.1 Å². The van der Waals surface area contributed by atoms with Gasteiger partial charge < -0.3 is 0 Å². The van der Waals surface area contributed by atoms with E-state index in [0.29, 0.717) is 11.2 Å². The highest BCUT2D eigenvalue weighted by atomic mass is 79.9. The van der Waals surface area contributed by atoms with Gasteiger partial charge in [-0.3, -0.25) is 0 Å². The molecule has 2 atom stereocenters. The van der Waals surface area contributed by atoms with Crippen molar-refractivity contribution >= 4 is 27.5 Å². The normalized spacial score (nSPS) is 27.0. The van der Waals surface area contributed by atoms with Crippen molar-refractivity contribution in [3.05, 3.63) is 9.74 Å². The molecular formula is C9H10BrF3N2S. The molecule has 1 aliphatic rings. The van der Waals surface area contributed by atoms with Crippen molar-refractivity contribution in [1.29, 1.82) is 0 Å². The lowest BCUT2D eigenvalue weighted by atomic mass is 9.81.